The first-order valence-electron chi connectivity index (χ1n) is 9.83. The van der Waals surface area contributed by atoms with Gasteiger partial charge >= 0.3 is 6.09 Å². The zero-order valence-corrected chi connectivity index (χ0v) is 19.0. The highest BCUT2D eigenvalue weighted by atomic mass is 32.1. The molecular formula is C23H26FN3O3S. The SMILES string of the molecule is Cc1cc(C(=O)Nc2cc(F)ccc2NC(=O)OC(C)(C)C)c(C)n1Cc1cccs1. The van der Waals surface area contributed by atoms with E-state index in [2.05, 4.69) is 15.2 Å². The van der Waals surface area contributed by atoms with Crippen molar-refractivity contribution in [3.8, 4) is 0 Å². The van der Waals surface area contributed by atoms with E-state index in [9.17, 15) is 14.0 Å². The number of aryl methyl sites for hydroxylation is 1. The van der Waals surface area contributed by atoms with E-state index in [-0.39, 0.29) is 17.3 Å². The first kappa shape index (κ1) is 22.6. The third-order valence-corrected chi connectivity index (χ3v) is 5.44. The number of nitrogens with one attached hydrogen (secondary N) is 2. The minimum absolute atomic E-state index is 0.152. The topological polar surface area (TPSA) is 72.4 Å². The standard InChI is InChI=1S/C23H26FN3O3S/c1-14-11-18(15(2)27(14)13-17-7-6-10-31-17)21(28)25-20-12-16(24)8-9-19(20)26-22(29)30-23(3,4)5/h6-12H,13H2,1-5H3,(H,25,28)(H,26,29). The van der Waals surface area contributed by atoms with E-state index in [1.807, 2.05) is 31.4 Å². The quantitative estimate of drug-likeness (QED) is 0.512. The van der Waals surface area contributed by atoms with Gasteiger partial charge < -0.3 is 14.6 Å². The number of hydrogen-bond donors (Lipinski definition) is 2. The molecule has 0 spiro atoms. The first-order chi connectivity index (χ1) is 14.5. The Morgan fingerprint density at radius 2 is 1.84 bits per heavy atom. The summed E-state index contributed by atoms with van der Waals surface area (Å²) in [6, 6.07) is 9.59. The van der Waals surface area contributed by atoms with Gasteiger partial charge in [0.05, 0.1) is 23.5 Å². The first-order valence-corrected chi connectivity index (χ1v) is 10.7. The maximum absolute atomic E-state index is 13.9. The van der Waals surface area contributed by atoms with Crippen LogP contribution < -0.4 is 10.6 Å². The predicted octanol–water partition coefficient (Wildman–Crippen LogP) is 5.95. The van der Waals surface area contributed by atoms with Crippen molar-refractivity contribution < 1.29 is 18.7 Å². The van der Waals surface area contributed by atoms with E-state index >= 15 is 0 Å². The van der Waals surface area contributed by atoms with Crippen molar-refractivity contribution in [3.63, 3.8) is 0 Å². The average Bonchev–Trinajstić information content (AvgIpc) is 3.26. The van der Waals surface area contributed by atoms with E-state index in [0.717, 1.165) is 17.5 Å². The minimum atomic E-state index is -0.691. The Morgan fingerprint density at radius 3 is 2.48 bits per heavy atom. The number of halogens is 1. The van der Waals surface area contributed by atoms with Crippen LogP contribution in [0.5, 0.6) is 0 Å². The largest absolute Gasteiger partial charge is 0.444 e. The number of hydrogen-bond acceptors (Lipinski definition) is 4. The van der Waals surface area contributed by atoms with Crippen LogP contribution in [-0.4, -0.2) is 22.2 Å². The minimum Gasteiger partial charge on any atom is -0.444 e. The Morgan fingerprint density at radius 1 is 1.10 bits per heavy atom. The monoisotopic (exact) mass is 443 g/mol. The number of thiophene rings is 1. The van der Waals surface area contributed by atoms with Crippen LogP contribution in [0.15, 0.2) is 41.8 Å². The van der Waals surface area contributed by atoms with Gasteiger partial charge in [0.25, 0.3) is 5.91 Å². The summed E-state index contributed by atoms with van der Waals surface area (Å²) < 4.78 is 21.2. The van der Waals surface area contributed by atoms with Gasteiger partial charge in [0.15, 0.2) is 0 Å². The van der Waals surface area contributed by atoms with Crippen LogP contribution in [0.1, 0.15) is 47.4 Å². The molecule has 164 valence electrons. The molecular weight excluding hydrogens is 417 g/mol. The molecule has 0 saturated heterocycles. The third kappa shape index (κ3) is 5.73. The number of carbonyl (C=O) groups excluding carboxylic acids is 2. The summed E-state index contributed by atoms with van der Waals surface area (Å²) in [6.07, 6.45) is -0.691. The Kier molecular flexibility index (Phi) is 6.50. The van der Waals surface area contributed by atoms with Crippen molar-refractivity contribution in [2.24, 2.45) is 0 Å². The smallest absolute Gasteiger partial charge is 0.412 e. The number of carbonyl (C=O) groups is 2. The van der Waals surface area contributed by atoms with E-state index < -0.39 is 17.5 Å². The normalized spacial score (nSPS) is 11.3. The summed E-state index contributed by atoms with van der Waals surface area (Å²) in [5, 5.41) is 7.30. The van der Waals surface area contributed by atoms with Gasteiger partial charge in [-0.25, -0.2) is 9.18 Å². The lowest BCUT2D eigenvalue weighted by Gasteiger charge is -2.20. The lowest BCUT2D eigenvalue weighted by atomic mass is 10.2. The zero-order chi connectivity index (χ0) is 22.8. The second kappa shape index (κ2) is 8.93. The third-order valence-electron chi connectivity index (χ3n) is 4.58. The van der Waals surface area contributed by atoms with Gasteiger partial charge in [0.2, 0.25) is 0 Å². The van der Waals surface area contributed by atoms with Crippen molar-refractivity contribution in [2.75, 3.05) is 10.6 Å². The van der Waals surface area contributed by atoms with Crippen LogP contribution in [0.3, 0.4) is 0 Å². The molecule has 0 radical (unpaired) electrons. The molecule has 0 aliphatic heterocycles. The Balaban J connectivity index is 1.82. The lowest BCUT2D eigenvalue weighted by molar-refractivity contribution is 0.0635. The molecule has 2 amide bonds. The van der Waals surface area contributed by atoms with Gasteiger partial charge in [-0.3, -0.25) is 10.1 Å². The molecule has 31 heavy (non-hydrogen) atoms. The summed E-state index contributed by atoms with van der Waals surface area (Å²) in [5.41, 5.74) is 1.95. The Hall–Kier alpha value is -3.13. The van der Waals surface area contributed by atoms with Crippen LogP contribution in [-0.2, 0) is 11.3 Å². The molecule has 1 aromatic carbocycles. The molecule has 0 saturated carbocycles. The zero-order valence-electron chi connectivity index (χ0n) is 18.2. The van der Waals surface area contributed by atoms with Gasteiger partial charge in [-0.2, -0.15) is 0 Å². The fourth-order valence-electron chi connectivity index (χ4n) is 3.16. The molecule has 6 nitrogen and oxygen atoms in total. The molecule has 0 unspecified atom stereocenters. The van der Waals surface area contributed by atoms with Gasteiger partial charge in [-0.15, -0.1) is 11.3 Å². The number of amides is 2. The van der Waals surface area contributed by atoms with Crippen molar-refractivity contribution >= 4 is 34.7 Å². The fourth-order valence-corrected chi connectivity index (χ4v) is 3.86. The fraction of sp³-hybridized carbons (Fsp3) is 0.304. The molecule has 0 atom stereocenters. The van der Waals surface area contributed by atoms with Gasteiger partial charge in [-0.05, 0) is 70.3 Å². The van der Waals surface area contributed by atoms with Crippen LogP contribution in [0, 0.1) is 19.7 Å². The van der Waals surface area contributed by atoms with Crippen molar-refractivity contribution in [3.05, 3.63) is 69.4 Å². The highest BCUT2D eigenvalue weighted by molar-refractivity contribution is 7.09. The molecule has 3 rings (SSSR count). The molecule has 0 aliphatic rings. The number of aromatic nitrogens is 1. The molecule has 3 aromatic rings. The Labute approximate surface area is 185 Å². The predicted molar refractivity (Wildman–Crippen MR) is 122 cm³/mol. The van der Waals surface area contributed by atoms with Crippen molar-refractivity contribution in [1.29, 1.82) is 0 Å². The Bertz CT molecular complexity index is 1100. The molecule has 0 bridgehead atoms. The van der Waals surface area contributed by atoms with Crippen LogP contribution >= 0.6 is 11.3 Å². The molecule has 0 fully saturated rings. The number of nitrogens with zero attached hydrogens (tertiary/aromatic N) is 1. The van der Waals surface area contributed by atoms with Crippen LogP contribution in [0.25, 0.3) is 0 Å². The van der Waals surface area contributed by atoms with Crippen molar-refractivity contribution in [2.45, 2.75) is 46.8 Å². The van der Waals surface area contributed by atoms with Gasteiger partial charge in [-0.1, -0.05) is 6.07 Å². The summed E-state index contributed by atoms with van der Waals surface area (Å²) in [5.74, 6) is -0.920. The molecule has 2 aromatic heterocycles. The summed E-state index contributed by atoms with van der Waals surface area (Å²) >= 11 is 1.65. The second-order valence-corrected chi connectivity index (χ2v) is 9.25. The maximum atomic E-state index is 13.9. The van der Waals surface area contributed by atoms with Gasteiger partial charge in [0.1, 0.15) is 11.4 Å². The van der Waals surface area contributed by atoms with E-state index in [1.54, 1.807) is 38.2 Å². The number of rotatable bonds is 5. The average molecular weight is 444 g/mol. The van der Waals surface area contributed by atoms with Crippen LogP contribution in [0.4, 0.5) is 20.6 Å². The number of benzene rings is 1. The summed E-state index contributed by atoms with van der Waals surface area (Å²) in [4.78, 5) is 26.3. The highest BCUT2D eigenvalue weighted by Gasteiger charge is 2.20. The lowest BCUT2D eigenvalue weighted by Crippen LogP contribution is -2.27. The molecule has 8 heteroatoms. The molecule has 2 N–H and O–H groups in total. The molecule has 0 aliphatic carbocycles. The van der Waals surface area contributed by atoms with Crippen molar-refractivity contribution in [1.82, 2.24) is 4.57 Å². The summed E-state index contributed by atoms with van der Waals surface area (Å²) in [6.45, 7) is 9.72. The highest BCUT2D eigenvalue weighted by Crippen LogP contribution is 2.26. The maximum Gasteiger partial charge on any atom is 0.412 e. The van der Waals surface area contributed by atoms with E-state index in [1.165, 1.54) is 17.0 Å². The van der Waals surface area contributed by atoms with Crippen LogP contribution in [0.2, 0.25) is 0 Å². The number of ether oxygens (including phenoxy) is 1. The molecule has 2 heterocycles. The summed E-state index contributed by atoms with van der Waals surface area (Å²) in [7, 11) is 0. The number of anilines is 2. The van der Waals surface area contributed by atoms with Gasteiger partial charge in [0, 0.05) is 16.3 Å². The van der Waals surface area contributed by atoms with E-state index in [0.29, 0.717) is 12.1 Å². The van der Waals surface area contributed by atoms with E-state index in [4.69, 9.17) is 4.74 Å². The second-order valence-electron chi connectivity index (χ2n) is 8.22.